The summed E-state index contributed by atoms with van der Waals surface area (Å²) in [5.41, 5.74) is 3.51. The molecule has 0 amide bonds. The summed E-state index contributed by atoms with van der Waals surface area (Å²) < 4.78 is 5.59. The molecule has 0 aliphatic rings. The van der Waals surface area contributed by atoms with Gasteiger partial charge in [0, 0.05) is 17.7 Å². The van der Waals surface area contributed by atoms with Crippen LogP contribution in [0, 0.1) is 10.1 Å². The van der Waals surface area contributed by atoms with Crippen LogP contribution in [0.3, 0.4) is 0 Å². The minimum Gasteiger partial charge on any atom is -0.415 e. The Morgan fingerprint density at radius 1 is 0.897 bits per heavy atom. The number of nitrogens with zero attached hydrogens (tertiary/aromatic N) is 3. The summed E-state index contributed by atoms with van der Waals surface area (Å²) in [7, 11) is 0. The SMILES string of the molecule is O=[N+]([O-])c1cccc(-c2nnc(/C(Cl)=C/c3ccc(-c4ccccc4)cc3)o2)c1. The molecular formula is C22H14ClN3O3. The number of rotatable bonds is 5. The number of halogens is 1. The van der Waals surface area contributed by atoms with Gasteiger partial charge in [0.2, 0.25) is 5.89 Å². The van der Waals surface area contributed by atoms with E-state index in [9.17, 15) is 10.1 Å². The summed E-state index contributed by atoms with van der Waals surface area (Å²) in [6, 6.07) is 24.0. The van der Waals surface area contributed by atoms with Crippen LogP contribution in [0.5, 0.6) is 0 Å². The lowest BCUT2D eigenvalue weighted by molar-refractivity contribution is -0.384. The van der Waals surface area contributed by atoms with E-state index in [0.717, 1.165) is 16.7 Å². The molecular weight excluding hydrogens is 390 g/mol. The van der Waals surface area contributed by atoms with Crippen molar-refractivity contribution in [2.24, 2.45) is 0 Å². The maximum Gasteiger partial charge on any atom is 0.270 e. The Bertz CT molecular complexity index is 1190. The number of non-ortho nitro benzene ring substituents is 1. The molecule has 0 spiro atoms. The molecule has 0 bridgehead atoms. The number of nitro benzene ring substituents is 1. The smallest absolute Gasteiger partial charge is 0.270 e. The standard InChI is InChI=1S/C22H14ClN3O3/c23-20(13-15-9-11-17(12-10-15)16-5-2-1-3-6-16)22-25-24-21(29-22)18-7-4-8-19(14-18)26(27)28/h1-14H/b20-13-. The van der Waals surface area contributed by atoms with Crippen molar-refractivity contribution in [3.05, 3.63) is 100 Å². The van der Waals surface area contributed by atoms with Gasteiger partial charge in [0.15, 0.2) is 0 Å². The average molecular weight is 404 g/mol. The molecule has 0 N–H and O–H groups in total. The van der Waals surface area contributed by atoms with Crippen LogP contribution < -0.4 is 0 Å². The van der Waals surface area contributed by atoms with Gasteiger partial charge in [-0.25, -0.2) is 0 Å². The molecule has 0 aliphatic carbocycles. The first-order chi connectivity index (χ1) is 14.1. The van der Waals surface area contributed by atoms with E-state index >= 15 is 0 Å². The summed E-state index contributed by atoms with van der Waals surface area (Å²) >= 11 is 6.34. The second-order valence-electron chi connectivity index (χ2n) is 6.20. The molecule has 0 aliphatic heterocycles. The fourth-order valence-corrected chi connectivity index (χ4v) is 3.00. The van der Waals surface area contributed by atoms with Gasteiger partial charge in [-0.1, -0.05) is 72.3 Å². The van der Waals surface area contributed by atoms with E-state index in [-0.39, 0.29) is 22.5 Å². The quantitative estimate of drug-likeness (QED) is 0.299. The van der Waals surface area contributed by atoms with Gasteiger partial charge in [0.1, 0.15) is 5.03 Å². The molecule has 0 saturated heterocycles. The lowest BCUT2D eigenvalue weighted by Gasteiger charge is -2.02. The van der Waals surface area contributed by atoms with Gasteiger partial charge < -0.3 is 4.42 Å². The normalized spacial score (nSPS) is 11.4. The fraction of sp³-hybridized carbons (Fsp3) is 0. The first kappa shape index (κ1) is 18.6. The highest BCUT2D eigenvalue weighted by molar-refractivity contribution is 6.50. The Kier molecular flexibility index (Phi) is 5.18. The number of benzene rings is 3. The van der Waals surface area contributed by atoms with Crippen LogP contribution in [0.25, 0.3) is 33.7 Å². The van der Waals surface area contributed by atoms with Crippen molar-refractivity contribution in [3.8, 4) is 22.6 Å². The van der Waals surface area contributed by atoms with Gasteiger partial charge in [0.25, 0.3) is 11.6 Å². The molecule has 29 heavy (non-hydrogen) atoms. The molecule has 0 saturated carbocycles. The van der Waals surface area contributed by atoms with Gasteiger partial charge in [0.05, 0.1) is 4.92 Å². The van der Waals surface area contributed by atoms with Crippen LogP contribution in [-0.2, 0) is 0 Å². The monoisotopic (exact) mass is 403 g/mol. The second-order valence-corrected chi connectivity index (χ2v) is 6.61. The minimum absolute atomic E-state index is 0.0533. The fourth-order valence-electron chi connectivity index (χ4n) is 2.80. The van der Waals surface area contributed by atoms with E-state index in [1.165, 1.54) is 12.1 Å². The Balaban J connectivity index is 1.56. The van der Waals surface area contributed by atoms with Crippen molar-refractivity contribution in [2.45, 2.75) is 0 Å². The molecule has 0 unspecified atom stereocenters. The molecule has 0 fully saturated rings. The number of nitro groups is 1. The first-order valence-corrected chi connectivity index (χ1v) is 9.09. The second kappa shape index (κ2) is 8.08. The highest BCUT2D eigenvalue weighted by atomic mass is 35.5. The number of hydrogen-bond acceptors (Lipinski definition) is 5. The van der Waals surface area contributed by atoms with Gasteiger partial charge in [-0.2, -0.15) is 0 Å². The van der Waals surface area contributed by atoms with E-state index in [1.54, 1.807) is 18.2 Å². The lowest BCUT2D eigenvalue weighted by atomic mass is 10.0. The van der Waals surface area contributed by atoms with Crippen LogP contribution in [0.4, 0.5) is 5.69 Å². The van der Waals surface area contributed by atoms with E-state index < -0.39 is 4.92 Å². The van der Waals surface area contributed by atoms with E-state index in [1.807, 2.05) is 54.6 Å². The molecule has 1 aromatic heterocycles. The van der Waals surface area contributed by atoms with E-state index in [0.29, 0.717) is 5.56 Å². The van der Waals surface area contributed by atoms with Crippen molar-refractivity contribution in [2.75, 3.05) is 0 Å². The molecule has 0 atom stereocenters. The average Bonchev–Trinajstić information content (AvgIpc) is 3.26. The van der Waals surface area contributed by atoms with E-state index in [2.05, 4.69) is 10.2 Å². The Hall–Kier alpha value is -3.77. The first-order valence-electron chi connectivity index (χ1n) is 8.71. The van der Waals surface area contributed by atoms with Crippen LogP contribution in [0.15, 0.2) is 83.3 Å². The topological polar surface area (TPSA) is 82.1 Å². The molecule has 4 aromatic rings. The predicted octanol–water partition coefficient (Wildman–Crippen LogP) is 6.05. The van der Waals surface area contributed by atoms with Crippen LogP contribution in [0.1, 0.15) is 11.5 Å². The highest BCUT2D eigenvalue weighted by Crippen LogP contribution is 2.28. The van der Waals surface area contributed by atoms with Crippen molar-refractivity contribution in [1.29, 1.82) is 0 Å². The highest BCUT2D eigenvalue weighted by Gasteiger charge is 2.14. The lowest BCUT2D eigenvalue weighted by Crippen LogP contribution is -1.88. The van der Waals surface area contributed by atoms with Gasteiger partial charge in [-0.15, -0.1) is 10.2 Å². The predicted molar refractivity (Wildman–Crippen MR) is 112 cm³/mol. The molecule has 0 radical (unpaired) electrons. The third-order valence-corrected chi connectivity index (χ3v) is 4.52. The van der Waals surface area contributed by atoms with Crippen molar-refractivity contribution in [1.82, 2.24) is 10.2 Å². The Labute approximate surface area is 171 Å². The minimum atomic E-state index is -0.479. The maximum atomic E-state index is 10.9. The van der Waals surface area contributed by atoms with Gasteiger partial charge in [-0.05, 0) is 28.8 Å². The third-order valence-electron chi connectivity index (χ3n) is 4.24. The molecule has 142 valence electrons. The van der Waals surface area contributed by atoms with Crippen LogP contribution in [-0.4, -0.2) is 15.1 Å². The van der Waals surface area contributed by atoms with Crippen molar-refractivity contribution >= 4 is 28.4 Å². The zero-order valence-electron chi connectivity index (χ0n) is 15.0. The zero-order chi connectivity index (χ0) is 20.2. The molecule has 3 aromatic carbocycles. The maximum absolute atomic E-state index is 10.9. The van der Waals surface area contributed by atoms with Gasteiger partial charge >= 0.3 is 0 Å². The molecule has 1 heterocycles. The Morgan fingerprint density at radius 2 is 1.59 bits per heavy atom. The summed E-state index contributed by atoms with van der Waals surface area (Å²) in [6.07, 6.45) is 1.72. The summed E-state index contributed by atoms with van der Waals surface area (Å²) in [6.45, 7) is 0. The summed E-state index contributed by atoms with van der Waals surface area (Å²) in [5.74, 6) is 0.301. The van der Waals surface area contributed by atoms with Crippen LogP contribution >= 0.6 is 11.6 Å². The van der Waals surface area contributed by atoms with Crippen LogP contribution in [0.2, 0.25) is 0 Å². The number of aromatic nitrogens is 2. The molecule has 6 nitrogen and oxygen atoms in total. The molecule has 4 rings (SSSR count). The summed E-state index contributed by atoms with van der Waals surface area (Å²) in [5, 5.41) is 19.1. The van der Waals surface area contributed by atoms with Crippen molar-refractivity contribution in [3.63, 3.8) is 0 Å². The zero-order valence-corrected chi connectivity index (χ0v) is 15.8. The third kappa shape index (κ3) is 4.23. The Morgan fingerprint density at radius 3 is 2.31 bits per heavy atom. The molecule has 7 heteroatoms. The largest absolute Gasteiger partial charge is 0.415 e. The van der Waals surface area contributed by atoms with Crippen molar-refractivity contribution < 1.29 is 9.34 Å². The van der Waals surface area contributed by atoms with Gasteiger partial charge in [-0.3, -0.25) is 10.1 Å². The van der Waals surface area contributed by atoms with E-state index in [4.69, 9.17) is 16.0 Å². The summed E-state index contributed by atoms with van der Waals surface area (Å²) in [4.78, 5) is 10.4. The number of hydrogen-bond donors (Lipinski definition) is 0.